The lowest BCUT2D eigenvalue weighted by Crippen LogP contribution is -2.42. The number of carboxylic acids is 1. The standard InChI is InChI=1S/C25H30N2O6/c1-4-5-12-26(2)25(30)27-14-19(17-8-11-20-21(13-17)33-15-32-20)22(24(28)29)23(27)16-6-9-18(31-3)10-7-16/h6-11,13,19,22-23H,4-5,12,14-15H2,1-3H3,(H,28,29). The van der Waals surface area contributed by atoms with Crippen LogP contribution in [0.25, 0.3) is 0 Å². The van der Waals surface area contributed by atoms with Gasteiger partial charge in [0.25, 0.3) is 0 Å². The van der Waals surface area contributed by atoms with Gasteiger partial charge in [-0.3, -0.25) is 4.79 Å². The number of carboxylic acid groups (broad SMARTS) is 1. The number of urea groups is 1. The molecule has 8 nitrogen and oxygen atoms in total. The van der Waals surface area contributed by atoms with E-state index in [1.54, 1.807) is 42.2 Å². The van der Waals surface area contributed by atoms with Crippen molar-refractivity contribution in [2.75, 3.05) is 34.0 Å². The van der Waals surface area contributed by atoms with Gasteiger partial charge in [0, 0.05) is 26.1 Å². The Balaban J connectivity index is 1.74. The van der Waals surface area contributed by atoms with Gasteiger partial charge in [0.05, 0.1) is 19.1 Å². The molecule has 33 heavy (non-hydrogen) atoms. The second-order valence-corrected chi connectivity index (χ2v) is 8.51. The number of rotatable bonds is 7. The second-order valence-electron chi connectivity index (χ2n) is 8.51. The third-order valence-corrected chi connectivity index (χ3v) is 6.49. The van der Waals surface area contributed by atoms with Crippen molar-refractivity contribution in [3.63, 3.8) is 0 Å². The summed E-state index contributed by atoms with van der Waals surface area (Å²) in [5.41, 5.74) is 1.58. The van der Waals surface area contributed by atoms with Crippen molar-refractivity contribution in [1.29, 1.82) is 0 Å². The summed E-state index contributed by atoms with van der Waals surface area (Å²) in [6, 6.07) is 12.0. The fourth-order valence-corrected chi connectivity index (χ4v) is 4.71. The average molecular weight is 455 g/mol. The number of nitrogens with zero attached hydrogens (tertiary/aromatic N) is 2. The van der Waals surface area contributed by atoms with Crippen LogP contribution in [0.2, 0.25) is 0 Å². The number of hydrogen-bond donors (Lipinski definition) is 1. The average Bonchev–Trinajstić information content (AvgIpc) is 3.46. The fraction of sp³-hybridized carbons (Fsp3) is 0.440. The molecule has 3 unspecified atom stereocenters. The Morgan fingerprint density at radius 3 is 2.48 bits per heavy atom. The molecule has 3 atom stereocenters. The molecule has 1 fully saturated rings. The molecule has 2 aliphatic heterocycles. The van der Waals surface area contributed by atoms with Gasteiger partial charge in [0.2, 0.25) is 6.79 Å². The van der Waals surface area contributed by atoms with Crippen LogP contribution in [0, 0.1) is 5.92 Å². The summed E-state index contributed by atoms with van der Waals surface area (Å²) in [6.45, 7) is 3.13. The normalized spacial score (nSPS) is 21.2. The molecule has 1 saturated heterocycles. The Hall–Kier alpha value is -3.42. The van der Waals surface area contributed by atoms with Crippen LogP contribution in [0.4, 0.5) is 4.79 Å². The summed E-state index contributed by atoms with van der Waals surface area (Å²) in [4.78, 5) is 29.5. The van der Waals surface area contributed by atoms with Crippen LogP contribution < -0.4 is 14.2 Å². The number of aliphatic carboxylic acids is 1. The number of benzene rings is 2. The minimum atomic E-state index is -0.940. The highest BCUT2D eigenvalue weighted by atomic mass is 16.7. The molecule has 0 aromatic heterocycles. The Labute approximate surface area is 193 Å². The van der Waals surface area contributed by atoms with E-state index in [0.717, 1.165) is 24.0 Å². The monoisotopic (exact) mass is 454 g/mol. The zero-order valence-electron chi connectivity index (χ0n) is 19.2. The first-order valence-electron chi connectivity index (χ1n) is 11.2. The van der Waals surface area contributed by atoms with Crippen LogP contribution in [0.1, 0.15) is 42.9 Å². The summed E-state index contributed by atoms with van der Waals surface area (Å²) in [7, 11) is 3.35. The number of hydrogen-bond acceptors (Lipinski definition) is 5. The number of amides is 2. The number of carbonyl (C=O) groups excluding carboxylic acids is 1. The van der Waals surface area contributed by atoms with Crippen molar-refractivity contribution >= 4 is 12.0 Å². The summed E-state index contributed by atoms with van der Waals surface area (Å²) in [5, 5.41) is 10.3. The molecule has 2 aromatic rings. The molecule has 4 rings (SSSR count). The van der Waals surface area contributed by atoms with Crippen molar-refractivity contribution in [2.24, 2.45) is 5.92 Å². The number of carbonyl (C=O) groups is 2. The Bertz CT molecular complexity index is 1010. The van der Waals surface area contributed by atoms with E-state index < -0.39 is 23.8 Å². The molecule has 2 aromatic carbocycles. The molecule has 176 valence electrons. The van der Waals surface area contributed by atoms with Gasteiger partial charge in [-0.25, -0.2) is 4.79 Å². The first-order valence-corrected chi connectivity index (χ1v) is 11.2. The third kappa shape index (κ3) is 4.42. The van der Waals surface area contributed by atoms with E-state index in [-0.39, 0.29) is 12.8 Å². The number of fused-ring (bicyclic) bond motifs is 1. The van der Waals surface area contributed by atoms with Crippen molar-refractivity contribution in [2.45, 2.75) is 31.7 Å². The highest BCUT2D eigenvalue weighted by Crippen LogP contribution is 2.48. The first kappa shape index (κ1) is 22.8. The zero-order chi connectivity index (χ0) is 23.5. The number of likely N-dealkylation sites (tertiary alicyclic amines) is 1. The van der Waals surface area contributed by atoms with Gasteiger partial charge < -0.3 is 29.1 Å². The molecule has 2 aliphatic rings. The molecule has 0 radical (unpaired) electrons. The molecular formula is C25H30N2O6. The smallest absolute Gasteiger partial charge is 0.320 e. The largest absolute Gasteiger partial charge is 0.497 e. The van der Waals surface area contributed by atoms with Crippen LogP contribution in [0.15, 0.2) is 42.5 Å². The lowest BCUT2D eigenvalue weighted by molar-refractivity contribution is -0.143. The van der Waals surface area contributed by atoms with Gasteiger partial charge in [0.15, 0.2) is 11.5 Å². The molecule has 0 saturated carbocycles. The third-order valence-electron chi connectivity index (χ3n) is 6.49. The SMILES string of the molecule is CCCCN(C)C(=O)N1CC(c2ccc3c(c2)OCO3)C(C(=O)O)C1c1ccc(OC)cc1. The van der Waals surface area contributed by atoms with Gasteiger partial charge in [-0.1, -0.05) is 31.5 Å². The maximum absolute atomic E-state index is 13.5. The van der Waals surface area contributed by atoms with Crippen molar-refractivity contribution in [3.05, 3.63) is 53.6 Å². The van der Waals surface area contributed by atoms with Gasteiger partial charge in [-0.05, 0) is 41.8 Å². The molecule has 2 heterocycles. The predicted octanol–water partition coefficient (Wildman–Crippen LogP) is 4.12. The molecular weight excluding hydrogens is 424 g/mol. The fourth-order valence-electron chi connectivity index (χ4n) is 4.71. The Kier molecular flexibility index (Phi) is 6.62. The lowest BCUT2D eigenvalue weighted by Gasteiger charge is -2.31. The molecule has 8 heteroatoms. The summed E-state index contributed by atoms with van der Waals surface area (Å²) in [5.74, 6) is -0.237. The van der Waals surface area contributed by atoms with E-state index in [2.05, 4.69) is 6.92 Å². The molecule has 0 spiro atoms. The van der Waals surface area contributed by atoms with Gasteiger partial charge in [-0.15, -0.1) is 0 Å². The van der Waals surface area contributed by atoms with Crippen LogP contribution in [-0.2, 0) is 4.79 Å². The van der Waals surface area contributed by atoms with Crippen LogP contribution >= 0.6 is 0 Å². The molecule has 2 amide bonds. The summed E-state index contributed by atoms with van der Waals surface area (Å²) < 4.78 is 16.2. The van der Waals surface area contributed by atoms with Crippen LogP contribution in [-0.4, -0.2) is 60.9 Å². The molecule has 0 bridgehead atoms. The first-order chi connectivity index (χ1) is 15.9. The number of methoxy groups -OCH3 is 1. The molecule has 0 aliphatic carbocycles. The van der Waals surface area contributed by atoms with Gasteiger partial charge in [-0.2, -0.15) is 0 Å². The topological polar surface area (TPSA) is 88.5 Å². The maximum Gasteiger partial charge on any atom is 0.320 e. The lowest BCUT2D eigenvalue weighted by atomic mass is 9.83. The minimum Gasteiger partial charge on any atom is -0.497 e. The van der Waals surface area contributed by atoms with Crippen molar-refractivity contribution < 1.29 is 28.9 Å². The van der Waals surface area contributed by atoms with Crippen LogP contribution in [0.5, 0.6) is 17.2 Å². The zero-order valence-corrected chi connectivity index (χ0v) is 19.2. The van der Waals surface area contributed by atoms with E-state index in [1.807, 2.05) is 24.3 Å². The Morgan fingerprint density at radius 1 is 1.12 bits per heavy atom. The van der Waals surface area contributed by atoms with Crippen molar-refractivity contribution in [3.8, 4) is 17.2 Å². The summed E-state index contributed by atoms with van der Waals surface area (Å²) in [6.07, 6.45) is 1.86. The maximum atomic E-state index is 13.5. The van der Waals surface area contributed by atoms with Gasteiger partial charge in [0.1, 0.15) is 5.75 Å². The predicted molar refractivity (Wildman–Crippen MR) is 122 cm³/mol. The van der Waals surface area contributed by atoms with Crippen molar-refractivity contribution in [1.82, 2.24) is 9.80 Å². The van der Waals surface area contributed by atoms with Crippen LogP contribution in [0.3, 0.4) is 0 Å². The second kappa shape index (κ2) is 9.60. The highest BCUT2D eigenvalue weighted by Gasteiger charge is 2.50. The number of ether oxygens (including phenoxy) is 3. The van der Waals surface area contributed by atoms with E-state index in [4.69, 9.17) is 14.2 Å². The van der Waals surface area contributed by atoms with Gasteiger partial charge >= 0.3 is 12.0 Å². The molecule has 1 N–H and O–H groups in total. The van der Waals surface area contributed by atoms with E-state index in [0.29, 0.717) is 30.3 Å². The number of unbranched alkanes of at least 4 members (excludes halogenated alkanes) is 1. The minimum absolute atomic E-state index is 0.146. The van der Waals surface area contributed by atoms with E-state index >= 15 is 0 Å². The van der Waals surface area contributed by atoms with E-state index in [9.17, 15) is 14.7 Å². The Morgan fingerprint density at radius 2 is 1.82 bits per heavy atom. The van der Waals surface area contributed by atoms with E-state index in [1.165, 1.54) is 0 Å². The summed E-state index contributed by atoms with van der Waals surface area (Å²) >= 11 is 0. The highest BCUT2D eigenvalue weighted by molar-refractivity contribution is 5.80. The quantitative estimate of drug-likeness (QED) is 0.677.